The Hall–Kier alpha value is -1.46. The van der Waals surface area contributed by atoms with Gasteiger partial charge < -0.3 is 9.80 Å². The van der Waals surface area contributed by atoms with Crippen LogP contribution in [0.2, 0.25) is 0 Å². The molecule has 5 heteroatoms. The molecule has 4 nitrogen and oxygen atoms in total. The predicted octanol–water partition coefficient (Wildman–Crippen LogP) is 2.39. The van der Waals surface area contributed by atoms with Crippen LogP contribution in [-0.2, 0) is 11.2 Å². The van der Waals surface area contributed by atoms with Gasteiger partial charge in [0.25, 0.3) is 0 Å². The molecule has 2 saturated heterocycles. The summed E-state index contributed by atoms with van der Waals surface area (Å²) in [7, 11) is 2.24. The summed E-state index contributed by atoms with van der Waals surface area (Å²) >= 11 is 0. The van der Waals surface area contributed by atoms with Crippen molar-refractivity contribution in [3.63, 3.8) is 0 Å². The number of hydrogen-bond acceptors (Lipinski definition) is 3. The van der Waals surface area contributed by atoms with E-state index in [1.54, 1.807) is 12.1 Å². The molecule has 0 aromatic heterocycles. The molecule has 0 spiro atoms. The minimum atomic E-state index is -0.227. The Morgan fingerprint density at radius 1 is 1.08 bits per heavy atom. The molecule has 1 atom stereocenters. The highest BCUT2D eigenvalue weighted by Crippen LogP contribution is 2.17. The molecule has 2 fully saturated rings. The molecule has 138 valence electrons. The summed E-state index contributed by atoms with van der Waals surface area (Å²) in [6, 6.07) is 7.12. The molecule has 0 aliphatic carbocycles. The van der Waals surface area contributed by atoms with Crippen molar-refractivity contribution in [1.29, 1.82) is 0 Å². The van der Waals surface area contributed by atoms with Gasteiger partial charge in [0, 0.05) is 45.2 Å². The highest BCUT2D eigenvalue weighted by Gasteiger charge is 2.25. The second-order valence-corrected chi connectivity index (χ2v) is 7.44. The van der Waals surface area contributed by atoms with Crippen molar-refractivity contribution in [2.24, 2.45) is 0 Å². The number of piperazine rings is 1. The van der Waals surface area contributed by atoms with E-state index < -0.39 is 0 Å². The molecule has 0 radical (unpaired) electrons. The van der Waals surface area contributed by atoms with Gasteiger partial charge >= 0.3 is 0 Å². The molecule has 3 rings (SSSR count). The van der Waals surface area contributed by atoms with Crippen molar-refractivity contribution in [1.82, 2.24) is 14.7 Å². The summed E-state index contributed by atoms with van der Waals surface area (Å²) in [4.78, 5) is 19.4. The Morgan fingerprint density at radius 3 is 2.48 bits per heavy atom. The number of hydrogen-bond donors (Lipinski definition) is 0. The third-order valence-electron chi connectivity index (χ3n) is 5.66. The fraction of sp³-hybridized carbons (Fsp3) is 0.650. The summed E-state index contributed by atoms with van der Waals surface area (Å²) in [6.07, 6.45) is 5.16. The molecule has 25 heavy (non-hydrogen) atoms. The number of nitrogens with zero attached hydrogens (tertiary/aromatic N) is 3. The maximum absolute atomic E-state index is 12.9. The number of halogens is 1. The summed E-state index contributed by atoms with van der Waals surface area (Å²) in [6.45, 7) is 5.97. The molecule has 2 aliphatic rings. The lowest BCUT2D eigenvalue weighted by Gasteiger charge is -2.40. The topological polar surface area (TPSA) is 26.8 Å². The van der Waals surface area contributed by atoms with Crippen LogP contribution in [0.5, 0.6) is 0 Å². The fourth-order valence-corrected chi connectivity index (χ4v) is 3.91. The van der Waals surface area contributed by atoms with Crippen LogP contribution in [0.4, 0.5) is 4.39 Å². The first kappa shape index (κ1) is 18.3. The van der Waals surface area contributed by atoms with E-state index in [0.717, 1.165) is 38.3 Å². The Kier molecular flexibility index (Phi) is 6.43. The van der Waals surface area contributed by atoms with Crippen molar-refractivity contribution in [2.45, 2.75) is 38.1 Å². The van der Waals surface area contributed by atoms with E-state index >= 15 is 0 Å². The molecule has 0 N–H and O–H groups in total. The van der Waals surface area contributed by atoms with Crippen molar-refractivity contribution < 1.29 is 9.18 Å². The fourth-order valence-electron chi connectivity index (χ4n) is 3.91. The van der Waals surface area contributed by atoms with Crippen molar-refractivity contribution >= 4 is 5.91 Å². The molecule has 0 unspecified atom stereocenters. The molecule has 1 aromatic carbocycles. The van der Waals surface area contributed by atoms with Gasteiger partial charge in [0.05, 0.1) is 0 Å². The lowest BCUT2D eigenvalue weighted by Crippen LogP contribution is -2.53. The van der Waals surface area contributed by atoms with Gasteiger partial charge in [-0.3, -0.25) is 9.69 Å². The first-order valence-corrected chi connectivity index (χ1v) is 9.56. The van der Waals surface area contributed by atoms with E-state index in [1.165, 1.54) is 37.9 Å². The van der Waals surface area contributed by atoms with E-state index in [0.29, 0.717) is 18.9 Å². The largest absolute Gasteiger partial charge is 0.340 e. The number of aryl methyl sites for hydroxylation is 1. The van der Waals surface area contributed by atoms with Gasteiger partial charge in [0.2, 0.25) is 5.91 Å². The molecule has 1 aromatic rings. The van der Waals surface area contributed by atoms with Gasteiger partial charge in [-0.25, -0.2) is 4.39 Å². The number of rotatable bonds is 5. The van der Waals surface area contributed by atoms with Gasteiger partial charge in [-0.2, -0.15) is 0 Å². The predicted molar refractivity (Wildman–Crippen MR) is 98.0 cm³/mol. The van der Waals surface area contributed by atoms with Gasteiger partial charge in [-0.05, 0) is 50.6 Å². The number of amides is 1. The average Bonchev–Trinajstić information content (AvgIpc) is 2.63. The van der Waals surface area contributed by atoms with Crippen molar-refractivity contribution in [3.8, 4) is 0 Å². The first-order valence-electron chi connectivity index (χ1n) is 9.56. The Bertz CT molecular complexity index is 555. The van der Waals surface area contributed by atoms with Crippen LogP contribution in [0, 0.1) is 5.82 Å². The SMILES string of the molecule is CN1CCCC[C@@H]1CN1CCN(C(=O)CCc2ccc(F)cc2)CC1. The number of carbonyl (C=O) groups excluding carboxylic acids is 1. The second-order valence-electron chi connectivity index (χ2n) is 7.44. The third kappa shape index (κ3) is 5.25. The number of piperidine rings is 1. The minimum Gasteiger partial charge on any atom is -0.340 e. The maximum Gasteiger partial charge on any atom is 0.222 e. The highest BCUT2D eigenvalue weighted by molar-refractivity contribution is 5.76. The number of carbonyl (C=O) groups is 1. The molecule has 1 amide bonds. The standard InChI is InChI=1S/C20H30FN3O/c1-22-11-3-2-4-19(22)16-23-12-14-24(15-13-23)20(25)10-7-17-5-8-18(21)9-6-17/h5-6,8-9,19H,2-4,7,10-16H2,1H3/t19-/m1/s1. The second kappa shape index (κ2) is 8.77. The Labute approximate surface area is 150 Å². The molecular formula is C20H30FN3O. The van der Waals surface area contributed by atoms with Crippen LogP contribution in [-0.4, -0.2) is 73.0 Å². The van der Waals surface area contributed by atoms with Crippen LogP contribution in [0.1, 0.15) is 31.2 Å². The van der Waals surface area contributed by atoms with Crippen LogP contribution < -0.4 is 0 Å². The molecular weight excluding hydrogens is 317 g/mol. The lowest BCUT2D eigenvalue weighted by atomic mass is 10.0. The number of benzene rings is 1. The van der Waals surface area contributed by atoms with Gasteiger partial charge in [-0.1, -0.05) is 18.6 Å². The van der Waals surface area contributed by atoms with Crippen molar-refractivity contribution in [3.05, 3.63) is 35.6 Å². The van der Waals surface area contributed by atoms with Crippen LogP contribution in [0.25, 0.3) is 0 Å². The van der Waals surface area contributed by atoms with E-state index in [-0.39, 0.29) is 11.7 Å². The summed E-state index contributed by atoms with van der Waals surface area (Å²) in [5.74, 6) is -0.00595. The van der Waals surface area contributed by atoms with Crippen LogP contribution in [0.15, 0.2) is 24.3 Å². The zero-order chi connectivity index (χ0) is 17.6. The van der Waals surface area contributed by atoms with E-state index in [1.807, 2.05) is 4.90 Å². The van der Waals surface area contributed by atoms with Crippen LogP contribution in [0.3, 0.4) is 0 Å². The van der Waals surface area contributed by atoms with E-state index in [9.17, 15) is 9.18 Å². The van der Waals surface area contributed by atoms with Gasteiger partial charge in [0.15, 0.2) is 0 Å². The van der Waals surface area contributed by atoms with Crippen molar-refractivity contribution in [2.75, 3.05) is 46.3 Å². The first-order chi connectivity index (χ1) is 12.1. The van der Waals surface area contributed by atoms with E-state index in [2.05, 4.69) is 16.8 Å². The summed E-state index contributed by atoms with van der Waals surface area (Å²) in [5, 5.41) is 0. The van der Waals surface area contributed by atoms with Gasteiger partial charge in [0.1, 0.15) is 5.82 Å². The summed E-state index contributed by atoms with van der Waals surface area (Å²) < 4.78 is 12.9. The Balaban J connectivity index is 1.39. The van der Waals surface area contributed by atoms with Gasteiger partial charge in [-0.15, -0.1) is 0 Å². The normalized spacial score (nSPS) is 23.0. The average molecular weight is 347 g/mol. The third-order valence-corrected chi connectivity index (χ3v) is 5.66. The lowest BCUT2D eigenvalue weighted by molar-refractivity contribution is -0.133. The number of likely N-dealkylation sites (tertiary alicyclic amines) is 1. The van der Waals surface area contributed by atoms with Crippen LogP contribution >= 0.6 is 0 Å². The highest BCUT2D eigenvalue weighted by atomic mass is 19.1. The Morgan fingerprint density at radius 2 is 1.80 bits per heavy atom. The smallest absolute Gasteiger partial charge is 0.222 e. The van der Waals surface area contributed by atoms with E-state index in [4.69, 9.17) is 0 Å². The maximum atomic E-state index is 12.9. The minimum absolute atomic E-state index is 0.221. The molecule has 2 aliphatic heterocycles. The molecule has 2 heterocycles. The zero-order valence-electron chi connectivity index (χ0n) is 15.3. The molecule has 0 saturated carbocycles. The monoisotopic (exact) mass is 347 g/mol. The zero-order valence-corrected chi connectivity index (χ0v) is 15.3. The number of likely N-dealkylation sites (N-methyl/N-ethyl adjacent to an activating group) is 1. The molecule has 0 bridgehead atoms. The summed E-state index contributed by atoms with van der Waals surface area (Å²) in [5.41, 5.74) is 1.02. The quantitative estimate of drug-likeness (QED) is 0.818.